The summed E-state index contributed by atoms with van der Waals surface area (Å²) in [6, 6.07) is 1.51. The predicted octanol–water partition coefficient (Wildman–Crippen LogP) is 11.5. The number of aliphatic imine (C=N–C) groups is 2. The number of nitrogens with one attached hydrogen (secondary N) is 1. The maximum absolute atomic E-state index is 6.40. The molecule has 0 bridgehead atoms. The van der Waals surface area contributed by atoms with Gasteiger partial charge in [-0.2, -0.15) is 0 Å². The summed E-state index contributed by atoms with van der Waals surface area (Å²) in [5.41, 5.74) is 3.05. The highest BCUT2D eigenvalue weighted by atomic mass is 28.4. The Bertz CT molecular complexity index is 970. The molecule has 3 fully saturated rings. The van der Waals surface area contributed by atoms with Crippen LogP contribution in [0.5, 0.6) is 0 Å². The van der Waals surface area contributed by atoms with E-state index in [1.165, 1.54) is 62.8 Å². The molecule has 0 amide bonds. The minimum atomic E-state index is -1.55. The minimum absolute atomic E-state index is 0.252. The van der Waals surface area contributed by atoms with Gasteiger partial charge in [0.25, 0.3) is 0 Å². The van der Waals surface area contributed by atoms with Crippen molar-refractivity contribution < 1.29 is 4.43 Å². The van der Waals surface area contributed by atoms with Gasteiger partial charge < -0.3 is 9.74 Å². The Morgan fingerprint density at radius 1 is 0.702 bits per heavy atom. The first kappa shape index (κ1) is 40.9. The van der Waals surface area contributed by atoms with Gasteiger partial charge in [-0.1, -0.05) is 89.0 Å². The molecule has 3 aliphatic rings. The van der Waals surface area contributed by atoms with E-state index in [-0.39, 0.29) is 5.41 Å². The highest BCUT2D eigenvalue weighted by Crippen LogP contribution is 2.43. The van der Waals surface area contributed by atoms with Crippen LogP contribution in [0.2, 0.25) is 19.6 Å². The molecule has 2 saturated carbocycles. The number of hydrogen-bond donors (Lipinski definition) is 1. The van der Waals surface area contributed by atoms with Gasteiger partial charge >= 0.3 is 0 Å². The highest BCUT2D eigenvalue weighted by Gasteiger charge is 2.42. The molecule has 1 saturated heterocycles. The van der Waals surface area contributed by atoms with Gasteiger partial charge in [0.1, 0.15) is 0 Å². The normalized spacial score (nSPS) is 33.8. The molecule has 0 aromatic heterocycles. The monoisotopic (exact) mass is 672 g/mol. The molecule has 7 unspecified atom stereocenters. The lowest BCUT2D eigenvalue weighted by Crippen LogP contribution is -2.55. The summed E-state index contributed by atoms with van der Waals surface area (Å²) in [6.07, 6.45) is 12.5. The van der Waals surface area contributed by atoms with Crippen molar-refractivity contribution in [2.75, 3.05) is 6.61 Å². The van der Waals surface area contributed by atoms with Crippen LogP contribution in [0.3, 0.4) is 0 Å². The van der Waals surface area contributed by atoms with Crippen molar-refractivity contribution in [3.63, 3.8) is 0 Å². The molecule has 1 N–H and O–H groups in total. The van der Waals surface area contributed by atoms with E-state index in [2.05, 4.69) is 108 Å². The summed E-state index contributed by atoms with van der Waals surface area (Å²) in [6.45, 7) is 37.1. The first-order chi connectivity index (χ1) is 21.8. The van der Waals surface area contributed by atoms with Crippen LogP contribution in [-0.2, 0) is 4.43 Å². The van der Waals surface area contributed by atoms with E-state index in [0.717, 1.165) is 19.4 Å². The van der Waals surface area contributed by atoms with E-state index in [1.807, 2.05) is 0 Å². The van der Waals surface area contributed by atoms with Crippen LogP contribution < -0.4 is 5.32 Å². The fraction of sp³-hybridized carbons (Fsp3) is 0.952. The van der Waals surface area contributed by atoms with Crippen LogP contribution in [0.25, 0.3) is 0 Å². The molecule has 0 aromatic rings. The molecule has 2 aliphatic carbocycles. The Balaban J connectivity index is 2.03. The zero-order chi connectivity index (χ0) is 35.3. The summed E-state index contributed by atoms with van der Waals surface area (Å²) in [5.74, 6) is 6.08. The topological polar surface area (TPSA) is 46.0 Å². The van der Waals surface area contributed by atoms with E-state index >= 15 is 0 Å². The third kappa shape index (κ3) is 11.8. The molecule has 1 aliphatic heterocycles. The SMILES string of the molecule is CC(=NC1C(C(C)C)CCCC1C(C)C)C1CC(C(C)(C)C)CC(C(CCCO[Si](C)(C)C)=NC2C(C(C)C)CCCC2C(C)C)N1. The molecule has 4 nitrogen and oxygen atoms in total. The van der Waals surface area contributed by atoms with Gasteiger partial charge in [-0.3, -0.25) is 9.98 Å². The van der Waals surface area contributed by atoms with E-state index in [9.17, 15) is 0 Å². The summed E-state index contributed by atoms with van der Waals surface area (Å²) in [7, 11) is -1.55. The Morgan fingerprint density at radius 2 is 1.13 bits per heavy atom. The quantitative estimate of drug-likeness (QED) is 0.120. The molecular formula is C42H81N3OSi. The average Bonchev–Trinajstić information content (AvgIpc) is 2.97. The van der Waals surface area contributed by atoms with Crippen molar-refractivity contribution in [3.05, 3.63) is 0 Å². The molecule has 0 radical (unpaired) electrons. The van der Waals surface area contributed by atoms with Crippen molar-refractivity contribution in [1.82, 2.24) is 5.32 Å². The smallest absolute Gasteiger partial charge is 0.183 e. The van der Waals surface area contributed by atoms with Crippen LogP contribution in [0, 0.1) is 58.7 Å². The number of rotatable bonds is 13. The van der Waals surface area contributed by atoms with Gasteiger partial charge in [0, 0.05) is 30.1 Å². The third-order valence-electron chi connectivity index (χ3n) is 12.7. The largest absolute Gasteiger partial charge is 0.418 e. The zero-order valence-corrected chi connectivity index (χ0v) is 35.1. The molecule has 5 heteroatoms. The lowest BCUT2D eigenvalue weighted by Gasteiger charge is -2.45. The fourth-order valence-corrected chi connectivity index (χ4v) is 10.3. The van der Waals surface area contributed by atoms with Gasteiger partial charge in [0.15, 0.2) is 8.32 Å². The van der Waals surface area contributed by atoms with Gasteiger partial charge in [0.05, 0.1) is 12.1 Å². The third-order valence-corrected chi connectivity index (χ3v) is 13.8. The first-order valence-electron chi connectivity index (χ1n) is 20.3. The standard InChI is InChI=1S/C42H81N3OSi/c1-27(2)33-19-16-20-34(28(3)4)40(33)43-31(9)38-25-32(42(10,11)12)26-39(44-38)37(23-18-24-46-47(13,14)15)45-41-35(29(5)6)21-17-22-36(41)30(7)8/h27-30,32-36,38-41,44H,16-26H2,1-15H3. The summed E-state index contributed by atoms with van der Waals surface area (Å²) >= 11 is 0. The number of piperidine rings is 1. The second kappa shape index (κ2) is 17.6. The second-order valence-electron chi connectivity index (χ2n) is 19.7. The van der Waals surface area contributed by atoms with Crippen LogP contribution >= 0.6 is 0 Å². The molecule has 0 spiro atoms. The molecule has 3 rings (SSSR count). The van der Waals surface area contributed by atoms with Crippen LogP contribution in [0.1, 0.15) is 147 Å². The molecule has 1 heterocycles. The lowest BCUT2D eigenvalue weighted by molar-refractivity contribution is 0.138. The molecule has 7 atom stereocenters. The Hall–Kier alpha value is -0.523. The van der Waals surface area contributed by atoms with Gasteiger partial charge in [-0.25, -0.2) is 0 Å². The van der Waals surface area contributed by atoms with Crippen LogP contribution in [0.4, 0.5) is 0 Å². The number of hydrogen-bond acceptors (Lipinski definition) is 4. The lowest BCUT2D eigenvalue weighted by atomic mass is 9.68. The second-order valence-corrected chi connectivity index (χ2v) is 24.2. The zero-order valence-electron chi connectivity index (χ0n) is 34.1. The van der Waals surface area contributed by atoms with Crippen molar-refractivity contribution in [2.24, 2.45) is 68.7 Å². The summed E-state index contributed by atoms with van der Waals surface area (Å²) < 4.78 is 6.40. The van der Waals surface area contributed by atoms with E-state index in [4.69, 9.17) is 14.4 Å². The van der Waals surface area contributed by atoms with Gasteiger partial charge in [-0.15, -0.1) is 0 Å². The van der Waals surface area contributed by atoms with Crippen molar-refractivity contribution in [3.8, 4) is 0 Å². The Labute approximate surface area is 295 Å². The Morgan fingerprint density at radius 3 is 1.53 bits per heavy atom. The van der Waals surface area contributed by atoms with E-state index < -0.39 is 8.32 Å². The predicted molar refractivity (Wildman–Crippen MR) is 211 cm³/mol. The van der Waals surface area contributed by atoms with Gasteiger partial charge in [0.2, 0.25) is 0 Å². The van der Waals surface area contributed by atoms with Crippen molar-refractivity contribution in [2.45, 2.75) is 191 Å². The molecular weight excluding hydrogens is 591 g/mol. The summed E-state index contributed by atoms with van der Waals surface area (Å²) in [4.78, 5) is 11.7. The molecule has 47 heavy (non-hydrogen) atoms. The highest BCUT2D eigenvalue weighted by molar-refractivity contribution is 6.69. The van der Waals surface area contributed by atoms with Crippen molar-refractivity contribution in [1.29, 1.82) is 0 Å². The first-order valence-corrected chi connectivity index (χ1v) is 23.7. The minimum Gasteiger partial charge on any atom is -0.418 e. The maximum atomic E-state index is 6.40. The molecule has 0 aromatic carbocycles. The maximum Gasteiger partial charge on any atom is 0.183 e. The summed E-state index contributed by atoms with van der Waals surface area (Å²) in [5, 5.41) is 4.27. The van der Waals surface area contributed by atoms with Crippen LogP contribution in [0.15, 0.2) is 9.98 Å². The average molecular weight is 672 g/mol. The fourth-order valence-electron chi connectivity index (χ4n) is 9.54. The van der Waals surface area contributed by atoms with Crippen LogP contribution in [-0.4, -0.2) is 50.5 Å². The molecule has 274 valence electrons. The Kier molecular flexibility index (Phi) is 15.3. The van der Waals surface area contributed by atoms with Gasteiger partial charge in [-0.05, 0) is 137 Å². The van der Waals surface area contributed by atoms with Crippen molar-refractivity contribution >= 4 is 19.7 Å². The van der Waals surface area contributed by atoms with E-state index in [1.54, 1.807) is 0 Å². The number of nitrogens with zero attached hydrogens (tertiary/aromatic N) is 2. The van der Waals surface area contributed by atoms with E-state index in [0.29, 0.717) is 77.4 Å².